The van der Waals surface area contributed by atoms with E-state index in [0.29, 0.717) is 29.6 Å². The lowest BCUT2D eigenvalue weighted by atomic mass is 9.47. The van der Waals surface area contributed by atoms with Crippen molar-refractivity contribution in [3.05, 3.63) is 0 Å². The van der Waals surface area contributed by atoms with Crippen LogP contribution in [0, 0.1) is 29.6 Å². The Bertz CT molecular complexity index is 242. The van der Waals surface area contributed by atoms with Gasteiger partial charge in [-0.1, -0.05) is 13.8 Å². The SMILES string of the molecule is CC(C)C1(O)C2CC3CC1CC(C2)C3O. The molecule has 4 saturated carbocycles. The summed E-state index contributed by atoms with van der Waals surface area (Å²) >= 11 is 0. The monoisotopic (exact) mass is 210 g/mol. The smallest absolute Gasteiger partial charge is 0.0727 e. The summed E-state index contributed by atoms with van der Waals surface area (Å²) in [5.74, 6) is 2.27. The summed E-state index contributed by atoms with van der Waals surface area (Å²) in [6, 6.07) is 0. The van der Waals surface area contributed by atoms with Crippen LogP contribution >= 0.6 is 0 Å². The average Bonchev–Trinajstić information content (AvgIpc) is 2.15. The lowest BCUT2D eigenvalue weighted by Crippen LogP contribution is -2.63. The molecule has 0 aromatic heterocycles. The first-order valence-electron chi connectivity index (χ1n) is 6.44. The quantitative estimate of drug-likeness (QED) is 0.693. The van der Waals surface area contributed by atoms with Gasteiger partial charge < -0.3 is 10.2 Å². The summed E-state index contributed by atoms with van der Waals surface area (Å²) in [6.07, 6.45) is 4.17. The molecule has 0 aromatic rings. The van der Waals surface area contributed by atoms with Crippen LogP contribution in [0.1, 0.15) is 39.5 Å². The maximum atomic E-state index is 10.9. The predicted molar refractivity (Wildman–Crippen MR) is 58.2 cm³/mol. The van der Waals surface area contributed by atoms with Gasteiger partial charge in [-0.25, -0.2) is 0 Å². The van der Waals surface area contributed by atoms with Gasteiger partial charge in [0.15, 0.2) is 0 Å². The summed E-state index contributed by atoms with van der Waals surface area (Å²) in [4.78, 5) is 0. The molecule has 4 bridgehead atoms. The van der Waals surface area contributed by atoms with Gasteiger partial charge >= 0.3 is 0 Å². The van der Waals surface area contributed by atoms with Gasteiger partial charge in [0.1, 0.15) is 0 Å². The van der Waals surface area contributed by atoms with Crippen molar-refractivity contribution in [2.75, 3.05) is 0 Å². The van der Waals surface area contributed by atoms with Crippen LogP contribution in [-0.2, 0) is 0 Å². The first kappa shape index (κ1) is 10.1. The van der Waals surface area contributed by atoms with Crippen molar-refractivity contribution < 1.29 is 10.2 Å². The molecule has 2 N–H and O–H groups in total. The predicted octanol–water partition coefficient (Wildman–Crippen LogP) is 1.80. The minimum atomic E-state index is -0.423. The van der Waals surface area contributed by atoms with Crippen molar-refractivity contribution in [1.82, 2.24) is 0 Å². The van der Waals surface area contributed by atoms with Gasteiger partial charge in [0, 0.05) is 0 Å². The number of aliphatic hydroxyl groups is 2. The van der Waals surface area contributed by atoms with Crippen molar-refractivity contribution >= 4 is 0 Å². The molecule has 0 amide bonds. The molecule has 0 atom stereocenters. The number of aliphatic hydroxyl groups excluding tert-OH is 1. The van der Waals surface area contributed by atoms with E-state index in [2.05, 4.69) is 13.8 Å². The van der Waals surface area contributed by atoms with Gasteiger partial charge in [-0.3, -0.25) is 0 Å². The standard InChI is InChI=1S/C13H22O2/c1-7(2)13(15)10-3-8-4-11(13)6-9(5-10)12(8)14/h7-12,14-15H,3-6H2,1-2H3. The Labute approximate surface area is 91.7 Å². The first-order chi connectivity index (χ1) is 7.03. The average molecular weight is 210 g/mol. The Morgan fingerprint density at radius 2 is 1.40 bits per heavy atom. The summed E-state index contributed by atoms with van der Waals surface area (Å²) in [6.45, 7) is 4.30. The molecule has 0 spiro atoms. The zero-order valence-electron chi connectivity index (χ0n) is 9.69. The molecule has 0 radical (unpaired) electrons. The van der Waals surface area contributed by atoms with Gasteiger partial charge in [-0.05, 0) is 55.3 Å². The molecule has 4 aliphatic carbocycles. The van der Waals surface area contributed by atoms with E-state index in [1.807, 2.05) is 0 Å². The van der Waals surface area contributed by atoms with Crippen LogP contribution in [0.3, 0.4) is 0 Å². The Hall–Kier alpha value is -0.0800. The Morgan fingerprint density at radius 3 is 1.73 bits per heavy atom. The zero-order valence-corrected chi connectivity index (χ0v) is 9.69. The molecule has 4 aliphatic rings. The van der Waals surface area contributed by atoms with Crippen molar-refractivity contribution in [1.29, 1.82) is 0 Å². The maximum absolute atomic E-state index is 10.9. The second-order valence-corrected chi connectivity index (χ2v) is 6.39. The third kappa shape index (κ3) is 1.13. The fourth-order valence-corrected chi connectivity index (χ4v) is 4.82. The van der Waals surface area contributed by atoms with Crippen molar-refractivity contribution in [2.45, 2.75) is 51.2 Å². The van der Waals surface area contributed by atoms with Gasteiger partial charge in [0.25, 0.3) is 0 Å². The normalized spacial score (nSPS) is 57.8. The highest BCUT2D eigenvalue weighted by Crippen LogP contribution is 2.60. The fourth-order valence-electron chi connectivity index (χ4n) is 4.82. The van der Waals surface area contributed by atoms with Gasteiger partial charge in [-0.15, -0.1) is 0 Å². The van der Waals surface area contributed by atoms with Crippen LogP contribution in [0.25, 0.3) is 0 Å². The van der Waals surface area contributed by atoms with E-state index in [0.717, 1.165) is 25.7 Å². The van der Waals surface area contributed by atoms with Crippen molar-refractivity contribution in [3.8, 4) is 0 Å². The molecule has 86 valence electrons. The van der Waals surface area contributed by atoms with Gasteiger partial charge in [-0.2, -0.15) is 0 Å². The molecule has 0 unspecified atom stereocenters. The molecule has 0 aromatic carbocycles. The summed E-state index contributed by atoms with van der Waals surface area (Å²) in [7, 11) is 0. The molecule has 4 fully saturated rings. The van der Waals surface area contributed by atoms with Crippen LogP contribution in [0.2, 0.25) is 0 Å². The van der Waals surface area contributed by atoms with E-state index >= 15 is 0 Å². The molecule has 0 saturated heterocycles. The van der Waals surface area contributed by atoms with E-state index in [1.54, 1.807) is 0 Å². The van der Waals surface area contributed by atoms with E-state index in [-0.39, 0.29) is 6.10 Å². The molecule has 15 heavy (non-hydrogen) atoms. The van der Waals surface area contributed by atoms with Crippen LogP contribution in [0.5, 0.6) is 0 Å². The second-order valence-electron chi connectivity index (χ2n) is 6.39. The number of hydrogen-bond acceptors (Lipinski definition) is 2. The molecule has 2 heteroatoms. The Kier molecular flexibility index (Phi) is 2.01. The van der Waals surface area contributed by atoms with Crippen LogP contribution in [-0.4, -0.2) is 21.9 Å². The van der Waals surface area contributed by atoms with Gasteiger partial charge in [0.2, 0.25) is 0 Å². The molecule has 2 nitrogen and oxygen atoms in total. The third-order valence-electron chi connectivity index (χ3n) is 5.55. The topological polar surface area (TPSA) is 40.5 Å². The van der Waals surface area contributed by atoms with Crippen LogP contribution in [0.4, 0.5) is 0 Å². The highest BCUT2D eigenvalue weighted by molar-refractivity contribution is 5.10. The summed E-state index contributed by atoms with van der Waals surface area (Å²) in [5, 5.41) is 20.9. The van der Waals surface area contributed by atoms with E-state index < -0.39 is 5.60 Å². The summed E-state index contributed by atoms with van der Waals surface area (Å²) < 4.78 is 0. The highest BCUT2D eigenvalue weighted by atomic mass is 16.3. The molecule has 0 heterocycles. The fraction of sp³-hybridized carbons (Fsp3) is 1.00. The number of hydrogen-bond donors (Lipinski definition) is 2. The highest BCUT2D eigenvalue weighted by Gasteiger charge is 2.60. The maximum Gasteiger partial charge on any atom is 0.0727 e. The lowest BCUT2D eigenvalue weighted by molar-refractivity contribution is -0.224. The minimum absolute atomic E-state index is 0.0609. The molecule has 0 aliphatic heterocycles. The first-order valence-corrected chi connectivity index (χ1v) is 6.44. The van der Waals surface area contributed by atoms with Crippen molar-refractivity contribution in [2.24, 2.45) is 29.6 Å². The summed E-state index contributed by atoms with van der Waals surface area (Å²) in [5.41, 5.74) is -0.423. The van der Waals surface area contributed by atoms with E-state index in [1.165, 1.54) is 0 Å². The number of rotatable bonds is 1. The molecule has 4 rings (SSSR count). The largest absolute Gasteiger partial charge is 0.393 e. The Balaban J connectivity index is 1.93. The van der Waals surface area contributed by atoms with E-state index in [9.17, 15) is 10.2 Å². The molecular weight excluding hydrogens is 188 g/mol. The van der Waals surface area contributed by atoms with Crippen molar-refractivity contribution in [3.63, 3.8) is 0 Å². The van der Waals surface area contributed by atoms with Gasteiger partial charge in [0.05, 0.1) is 11.7 Å². The third-order valence-corrected chi connectivity index (χ3v) is 5.55. The molecular formula is C13H22O2. The second kappa shape index (κ2) is 2.98. The Morgan fingerprint density at radius 1 is 1.00 bits per heavy atom. The van der Waals surface area contributed by atoms with Crippen LogP contribution < -0.4 is 0 Å². The zero-order chi connectivity index (χ0) is 10.8. The lowest BCUT2D eigenvalue weighted by Gasteiger charge is -2.62. The minimum Gasteiger partial charge on any atom is -0.393 e. The van der Waals surface area contributed by atoms with Crippen LogP contribution in [0.15, 0.2) is 0 Å². The van der Waals surface area contributed by atoms with E-state index in [4.69, 9.17) is 0 Å².